The van der Waals surface area contributed by atoms with E-state index in [4.69, 9.17) is 14.6 Å². The van der Waals surface area contributed by atoms with Crippen LogP contribution in [0.5, 0.6) is 0 Å². The summed E-state index contributed by atoms with van der Waals surface area (Å²) in [6.45, 7) is 0.266. The van der Waals surface area contributed by atoms with Crippen molar-refractivity contribution in [2.24, 2.45) is 0 Å². The Labute approximate surface area is 281 Å². The number of aliphatic carboxylic acids is 1. The van der Waals surface area contributed by atoms with Gasteiger partial charge in [0.25, 0.3) is 0 Å². The largest absolute Gasteiger partial charge is 0.481 e. The minimum Gasteiger partial charge on any atom is -0.481 e. The maximum absolute atomic E-state index is 12.1. The first-order valence-electron chi connectivity index (χ1n) is 15.6. The number of nitrogens with one attached hydrogen (secondary N) is 1. The number of nitrogens with zero attached hydrogens (tertiary/aromatic N) is 4. The number of amides is 1. The minimum absolute atomic E-state index is 0.0297. The van der Waals surface area contributed by atoms with Crippen molar-refractivity contribution in [2.45, 2.75) is 56.1 Å². The number of benzene rings is 4. The van der Waals surface area contributed by atoms with Gasteiger partial charge in [-0.15, -0.1) is 5.10 Å². The molecule has 1 fully saturated rings. The van der Waals surface area contributed by atoms with Crippen molar-refractivity contribution in [1.29, 1.82) is 0 Å². The van der Waals surface area contributed by atoms with Crippen molar-refractivity contribution in [3.05, 3.63) is 125 Å². The predicted molar refractivity (Wildman–Crippen MR) is 179 cm³/mol. The lowest BCUT2D eigenvalue weighted by Gasteiger charge is -2.36. The number of hydrogen-bond acceptors (Lipinski definition) is 9. The van der Waals surface area contributed by atoms with Crippen LogP contribution in [0, 0.1) is 0 Å². The number of hydrogen-bond donors (Lipinski definition) is 3. The summed E-state index contributed by atoms with van der Waals surface area (Å²) in [6.07, 6.45) is -0.722. The second-order valence-electron chi connectivity index (χ2n) is 11.4. The summed E-state index contributed by atoms with van der Waals surface area (Å²) < 4.78 is 14.9. The maximum atomic E-state index is 12.1. The molecule has 4 aromatic carbocycles. The van der Waals surface area contributed by atoms with E-state index in [-0.39, 0.29) is 37.6 Å². The number of rotatable bonds is 13. The van der Waals surface area contributed by atoms with Gasteiger partial charge in [0.05, 0.1) is 30.9 Å². The molecule has 3 atom stereocenters. The minimum atomic E-state index is -1.00. The van der Waals surface area contributed by atoms with Crippen LogP contribution < -0.4 is 5.32 Å². The fourth-order valence-electron chi connectivity index (χ4n) is 5.43. The molecule has 0 spiro atoms. The first kappa shape index (κ1) is 33.0. The molecule has 12 heteroatoms. The Bertz CT molecular complexity index is 1830. The highest BCUT2D eigenvalue weighted by atomic mass is 32.2. The summed E-state index contributed by atoms with van der Waals surface area (Å²) >= 11 is 1.52. The van der Waals surface area contributed by atoms with Gasteiger partial charge in [-0.3, -0.25) is 9.59 Å². The molecule has 1 saturated heterocycles. The highest BCUT2D eigenvalue weighted by Gasteiger charge is 2.33. The number of carboxylic acids is 1. The van der Waals surface area contributed by atoms with E-state index in [0.29, 0.717) is 23.9 Å². The third kappa shape index (κ3) is 8.52. The number of aromatic nitrogens is 4. The molecule has 0 radical (unpaired) electrons. The molecule has 0 aliphatic carbocycles. The van der Waals surface area contributed by atoms with Crippen LogP contribution in [-0.2, 0) is 32.2 Å². The number of tetrazole rings is 1. The summed E-state index contributed by atoms with van der Waals surface area (Å²) in [5.74, 6) is -0.710. The molecule has 1 amide bonds. The van der Waals surface area contributed by atoms with Crippen molar-refractivity contribution in [3.63, 3.8) is 0 Å². The molecular formula is C36H35N5O6S. The summed E-state index contributed by atoms with van der Waals surface area (Å²) in [4.78, 5) is 22.8. The normalized spacial score (nSPS) is 17.6. The van der Waals surface area contributed by atoms with Crippen molar-refractivity contribution in [3.8, 4) is 16.8 Å². The Morgan fingerprint density at radius 2 is 1.62 bits per heavy atom. The smallest absolute Gasteiger partial charge is 0.303 e. The predicted octanol–water partition coefficient (Wildman–Crippen LogP) is 5.64. The molecule has 48 heavy (non-hydrogen) atoms. The monoisotopic (exact) mass is 665 g/mol. The van der Waals surface area contributed by atoms with Crippen molar-refractivity contribution in [2.75, 3.05) is 5.75 Å². The molecule has 3 N–H and O–H groups in total. The van der Waals surface area contributed by atoms with Crippen LogP contribution in [-0.4, -0.2) is 54.2 Å². The van der Waals surface area contributed by atoms with Crippen LogP contribution in [0.25, 0.3) is 16.8 Å². The van der Waals surface area contributed by atoms with Gasteiger partial charge in [0.2, 0.25) is 11.1 Å². The molecule has 1 aromatic heterocycles. The number of thioether (sulfide) groups is 1. The lowest BCUT2D eigenvalue weighted by atomic mass is 9.99. The standard InChI is InChI=1S/C36H35N5O6S/c42-22-24-12-14-26(15-13-24)32-20-31(23-48-36-38-39-40-41(36)30-10-2-1-3-11-30)46-35(47-32)29-9-5-8-28(19-29)27-7-4-6-25(18-27)21-37-33(43)16-17-34(44)45/h1-15,18-19,31-32,35,42H,16-17,20-23H2,(H,37,43)(H,44,45)/t31-,32+,35+/m1/s1. The van der Waals surface area contributed by atoms with Crippen LogP contribution in [0.2, 0.25) is 0 Å². The second kappa shape index (κ2) is 15.8. The fraction of sp³-hybridized carbons (Fsp3) is 0.250. The van der Waals surface area contributed by atoms with Gasteiger partial charge < -0.3 is 25.0 Å². The zero-order valence-electron chi connectivity index (χ0n) is 26.0. The van der Waals surface area contributed by atoms with E-state index in [9.17, 15) is 14.7 Å². The molecule has 246 valence electrons. The molecule has 2 heterocycles. The van der Waals surface area contributed by atoms with Gasteiger partial charge in [0.1, 0.15) is 0 Å². The van der Waals surface area contributed by atoms with Crippen molar-refractivity contribution >= 4 is 23.6 Å². The van der Waals surface area contributed by atoms with Crippen molar-refractivity contribution in [1.82, 2.24) is 25.5 Å². The van der Waals surface area contributed by atoms with Gasteiger partial charge in [-0.05, 0) is 62.5 Å². The van der Waals surface area contributed by atoms with E-state index < -0.39 is 12.3 Å². The Balaban J connectivity index is 1.20. The Kier molecular flexibility index (Phi) is 10.9. The molecular weight excluding hydrogens is 630 g/mol. The van der Waals surface area contributed by atoms with Gasteiger partial charge in [0.15, 0.2) is 6.29 Å². The number of para-hydroxylation sites is 1. The zero-order valence-corrected chi connectivity index (χ0v) is 26.8. The van der Waals surface area contributed by atoms with Crippen LogP contribution in [0.1, 0.15) is 53.9 Å². The Morgan fingerprint density at radius 3 is 2.40 bits per heavy atom. The van der Waals surface area contributed by atoms with E-state index in [1.807, 2.05) is 103 Å². The summed E-state index contributed by atoms with van der Waals surface area (Å²) in [5, 5.41) is 34.2. The molecule has 0 unspecified atom stereocenters. The average molecular weight is 666 g/mol. The molecule has 0 saturated carbocycles. The molecule has 1 aliphatic rings. The first-order chi connectivity index (χ1) is 23.4. The van der Waals surface area contributed by atoms with Crippen molar-refractivity contribution < 1.29 is 29.3 Å². The number of ether oxygens (including phenoxy) is 2. The van der Waals surface area contributed by atoms with Gasteiger partial charge in [-0.25, -0.2) is 0 Å². The molecule has 0 bridgehead atoms. The number of aliphatic hydroxyl groups is 1. The Morgan fingerprint density at radius 1 is 0.854 bits per heavy atom. The van der Waals surface area contributed by atoms with E-state index in [0.717, 1.165) is 39.1 Å². The van der Waals surface area contributed by atoms with Crippen LogP contribution in [0.4, 0.5) is 0 Å². The van der Waals surface area contributed by atoms with Gasteiger partial charge in [-0.2, -0.15) is 4.68 Å². The van der Waals surface area contributed by atoms with Gasteiger partial charge in [0, 0.05) is 30.7 Å². The maximum Gasteiger partial charge on any atom is 0.303 e. The highest BCUT2D eigenvalue weighted by Crippen LogP contribution is 2.40. The fourth-order valence-corrected chi connectivity index (χ4v) is 6.33. The molecule has 11 nitrogen and oxygen atoms in total. The second-order valence-corrected chi connectivity index (χ2v) is 12.4. The topological polar surface area (TPSA) is 149 Å². The third-order valence-electron chi connectivity index (χ3n) is 7.93. The number of aliphatic hydroxyl groups excluding tert-OH is 1. The van der Waals surface area contributed by atoms with Gasteiger partial charge >= 0.3 is 5.97 Å². The van der Waals surface area contributed by atoms with E-state index >= 15 is 0 Å². The quantitative estimate of drug-likeness (QED) is 0.135. The summed E-state index contributed by atoms with van der Waals surface area (Å²) in [7, 11) is 0. The Hall–Kier alpha value is -4.88. The zero-order chi connectivity index (χ0) is 33.3. The third-order valence-corrected chi connectivity index (χ3v) is 8.98. The van der Waals surface area contributed by atoms with Crippen LogP contribution >= 0.6 is 11.8 Å². The molecule has 5 aromatic rings. The highest BCUT2D eigenvalue weighted by molar-refractivity contribution is 7.99. The molecule has 1 aliphatic heterocycles. The van der Waals surface area contributed by atoms with Crippen LogP contribution in [0.15, 0.2) is 108 Å². The SMILES string of the molecule is O=C(O)CCC(=O)NCc1cccc(-c2cccc([C@H]3O[C@@H](CSc4nnnn4-c4ccccc4)C[C@@H](c4ccc(CO)cc4)O3)c2)c1. The number of carbonyl (C=O) groups excluding carboxylic acids is 1. The van der Waals surface area contributed by atoms with E-state index in [1.165, 1.54) is 11.8 Å². The average Bonchev–Trinajstić information content (AvgIpc) is 3.61. The number of carboxylic acid groups (broad SMARTS) is 1. The molecule has 6 rings (SSSR count). The van der Waals surface area contributed by atoms with E-state index in [2.05, 4.69) is 20.8 Å². The lowest BCUT2D eigenvalue weighted by molar-refractivity contribution is -0.245. The summed E-state index contributed by atoms with van der Waals surface area (Å²) in [5.41, 5.74) is 6.38. The summed E-state index contributed by atoms with van der Waals surface area (Å²) in [6, 6.07) is 33.4. The van der Waals surface area contributed by atoms with E-state index in [1.54, 1.807) is 4.68 Å². The van der Waals surface area contributed by atoms with Crippen LogP contribution in [0.3, 0.4) is 0 Å². The van der Waals surface area contributed by atoms with Gasteiger partial charge in [-0.1, -0.05) is 90.6 Å². The lowest BCUT2D eigenvalue weighted by Crippen LogP contribution is -2.31. The first-order valence-corrected chi connectivity index (χ1v) is 16.6. The number of carbonyl (C=O) groups is 2.